The summed E-state index contributed by atoms with van der Waals surface area (Å²) in [6.07, 6.45) is 0. The molecule has 1 N–H and O–H groups in total. The van der Waals surface area contributed by atoms with Gasteiger partial charge in [0, 0.05) is 5.69 Å². The number of halogens is 2. The van der Waals surface area contributed by atoms with Gasteiger partial charge in [0.15, 0.2) is 0 Å². The Balaban J connectivity index is 3.19. The van der Waals surface area contributed by atoms with Gasteiger partial charge in [0.05, 0.1) is 3.57 Å². The minimum absolute atomic E-state index is 0.899. The van der Waals surface area contributed by atoms with Crippen molar-refractivity contribution in [2.75, 3.05) is 0 Å². The summed E-state index contributed by atoms with van der Waals surface area (Å²) in [7, 11) is 0. The van der Waals surface area contributed by atoms with E-state index in [1.807, 2.05) is 6.92 Å². The highest BCUT2D eigenvalue weighted by Gasteiger charge is 2.00. The lowest BCUT2D eigenvalue weighted by atomic mass is 10.5. The van der Waals surface area contributed by atoms with Crippen molar-refractivity contribution >= 4 is 38.5 Å². The molecule has 0 atom stereocenters. The van der Waals surface area contributed by atoms with Crippen LogP contribution in [0.3, 0.4) is 0 Å². The Labute approximate surface area is 69.3 Å². The van der Waals surface area contributed by atoms with Crippen molar-refractivity contribution in [3.05, 3.63) is 13.9 Å². The molecule has 4 heteroatoms. The van der Waals surface area contributed by atoms with Crippen molar-refractivity contribution in [2.45, 2.75) is 6.92 Å². The van der Waals surface area contributed by atoms with E-state index in [0.717, 1.165) is 13.9 Å². The highest BCUT2D eigenvalue weighted by Crippen LogP contribution is 2.17. The summed E-state index contributed by atoms with van der Waals surface area (Å²) in [6.45, 7) is 1.99. The maximum absolute atomic E-state index is 3.90. The molecule has 0 amide bonds. The second-order valence-corrected chi connectivity index (χ2v) is 3.28. The third-order valence-corrected chi connectivity index (χ3v) is 3.47. The zero-order chi connectivity index (χ0) is 6.15. The van der Waals surface area contributed by atoms with Gasteiger partial charge in [0.2, 0.25) is 0 Å². The first-order valence-electron chi connectivity index (χ1n) is 2.08. The van der Waals surface area contributed by atoms with Gasteiger partial charge in [-0.2, -0.15) is 5.10 Å². The molecule has 1 aromatic heterocycles. The fourth-order valence-electron chi connectivity index (χ4n) is 0.386. The van der Waals surface area contributed by atoms with Crippen LogP contribution in [0, 0.1) is 10.5 Å². The van der Waals surface area contributed by atoms with Gasteiger partial charge in [0.1, 0.15) is 4.60 Å². The van der Waals surface area contributed by atoms with Crippen LogP contribution in [0.15, 0.2) is 4.60 Å². The summed E-state index contributed by atoms with van der Waals surface area (Å²) >= 11 is 5.49. The number of aromatic nitrogens is 2. The smallest absolute Gasteiger partial charge is 0.141 e. The molecule has 0 spiro atoms. The Morgan fingerprint density at radius 1 is 1.75 bits per heavy atom. The van der Waals surface area contributed by atoms with Crippen molar-refractivity contribution in [1.29, 1.82) is 0 Å². The molecule has 1 rings (SSSR count). The second-order valence-electron chi connectivity index (χ2n) is 1.45. The average Bonchev–Trinajstić information content (AvgIpc) is 1.98. The van der Waals surface area contributed by atoms with E-state index in [2.05, 4.69) is 48.7 Å². The largest absolute Gasteiger partial charge is 0.281 e. The molecule has 0 saturated heterocycles. The van der Waals surface area contributed by atoms with E-state index in [1.165, 1.54) is 0 Å². The quantitative estimate of drug-likeness (QED) is 0.727. The molecule has 0 aliphatic heterocycles. The summed E-state index contributed by atoms with van der Waals surface area (Å²) in [5, 5.41) is 6.73. The zero-order valence-corrected chi connectivity index (χ0v) is 7.95. The van der Waals surface area contributed by atoms with Crippen LogP contribution in [0.2, 0.25) is 0 Å². The fraction of sp³-hybridized carbons (Fsp3) is 0.250. The Morgan fingerprint density at radius 3 is 2.50 bits per heavy atom. The van der Waals surface area contributed by atoms with Crippen LogP contribution in [0.4, 0.5) is 0 Å². The first kappa shape index (κ1) is 6.54. The fourth-order valence-corrected chi connectivity index (χ4v) is 1.01. The maximum Gasteiger partial charge on any atom is 0.141 e. The summed E-state index contributed by atoms with van der Waals surface area (Å²) < 4.78 is 2.05. The molecule has 0 aliphatic rings. The van der Waals surface area contributed by atoms with E-state index in [1.54, 1.807) is 0 Å². The SMILES string of the molecule is Cc1[nH]nc(Br)c1I. The van der Waals surface area contributed by atoms with Gasteiger partial charge < -0.3 is 0 Å². The van der Waals surface area contributed by atoms with Crippen LogP contribution < -0.4 is 0 Å². The molecule has 0 radical (unpaired) electrons. The number of rotatable bonds is 0. The molecular weight excluding hydrogens is 283 g/mol. The van der Waals surface area contributed by atoms with Gasteiger partial charge >= 0.3 is 0 Å². The summed E-state index contributed by atoms with van der Waals surface area (Å²) in [5.74, 6) is 0. The molecule has 44 valence electrons. The molecule has 0 saturated carbocycles. The van der Waals surface area contributed by atoms with Crippen molar-refractivity contribution in [3.63, 3.8) is 0 Å². The third kappa shape index (κ3) is 1.05. The average molecular weight is 287 g/mol. The van der Waals surface area contributed by atoms with E-state index in [-0.39, 0.29) is 0 Å². The Bertz CT molecular complexity index is 176. The molecular formula is C4H4BrIN2. The predicted molar refractivity (Wildman–Crippen MR) is 43.7 cm³/mol. The van der Waals surface area contributed by atoms with E-state index in [9.17, 15) is 0 Å². The van der Waals surface area contributed by atoms with Crippen molar-refractivity contribution < 1.29 is 0 Å². The van der Waals surface area contributed by atoms with Gasteiger partial charge in [-0.15, -0.1) is 0 Å². The Kier molecular flexibility index (Phi) is 1.92. The molecule has 0 aromatic carbocycles. The van der Waals surface area contributed by atoms with Gasteiger partial charge in [0.25, 0.3) is 0 Å². The topological polar surface area (TPSA) is 28.7 Å². The third-order valence-electron chi connectivity index (χ3n) is 0.832. The van der Waals surface area contributed by atoms with Crippen molar-refractivity contribution in [2.24, 2.45) is 0 Å². The first-order valence-corrected chi connectivity index (χ1v) is 3.95. The van der Waals surface area contributed by atoms with Gasteiger partial charge in [-0.25, -0.2) is 0 Å². The van der Waals surface area contributed by atoms with Gasteiger partial charge in [-0.3, -0.25) is 5.10 Å². The van der Waals surface area contributed by atoms with E-state index >= 15 is 0 Å². The Morgan fingerprint density at radius 2 is 2.38 bits per heavy atom. The molecule has 1 heterocycles. The van der Waals surface area contributed by atoms with Gasteiger partial charge in [-0.05, 0) is 45.4 Å². The normalized spacial score (nSPS) is 9.88. The number of H-pyrrole nitrogens is 1. The molecule has 0 fully saturated rings. The first-order chi connectivity index (χ1) is 3.72. The minimum atomic E-state index is 0.899. The van der Waals surface area contributed by atoms with Crippen LogP contribution in [-0.2, 0) is 0 Å². The highest BCUT2D eigenvalue weighted by atomic mass is 127. The Hall–Kier alpha value is 0.420. The lowest BCUT2D eigenvalue weighted by Gasteiger charge is -1.79. The van der Waals surface area contributed by atoms with Gasteiger partial charge in [-0.1, -0.05) is 0 Å². The van der Waals surface area contributed by atoms with Crippen LogP contribution >= 0.6 is 38.5 Å². The number of nitrogens with one attached hydrogen (secondary N) is 1. The van der Waals surface area contributed by atoms with E-state index in [0.29, 0.717) is 0 Å². The van der Waals surface area contributed by atoms with Crippen LogP contribution in [0.25, 0.3) is 0 Å². The second kappa shape index (κ2) is 2.34. The van der Waals surface area contributed by atoms with Crippen LogP contribution in [0.1, 0.15) is 5.69 Å². The standard InChI is InChI=1S/C4H4BrIN2/c1-2-3(6)4(5)8-7-2/h1H3,(H,7,8). The summed E-state index contributed by atoms with van der Waals surface area (Å²) in [5.41, 5.74) is 1.11. The van der Waals surface area contributed by atoms with E-state index < -0.39 is 0 Å². The van der Waals surface area contributed by atoms with Crippen LogP contribution in [-0.4, -0.2) is 10.2 Å². The number of aromatic amines is 1. The molecule has 0 aliphatic carbocycles. The molecule has 0 unspecified atom stereocenters. The number of hydrogen-bond donors (Lipinski definition) is 1. The van der Waals surface area contributed by atoms with E-state index in [4.69, 9.17) is 0 Å². The number of aryl methyl sites for hydroxylation is 1. The number of nitrogens with zero attached hydrogens (tertiary/aromatic N) is 1. The lowest BCUT2D eigenvalue weighted by Crippen LogP contribution is -1.70. The minimum Gasteiger partial charge on any atom is -0.281 e. The van der Waals surface area contributed by atoms with Crippen LogP contribution in [0.5, 0.6) is 0 Å². The maximum atomic E-state index is 3.90. The monoisotopic (exact) mass is 286 g/mol. The molecule has 1 aromatic rings. The van der Waals surface area contributed by atoms with Crippen molar-refractivity contribution in [1.82, 2.24) is 10.2 Å². The molecule has 0 bridgehead atoms. The molecule has 8 heavy (non-hydrogen) atoms. The number of hydrogen-bond acceptors (Lipinski definition) is 1. The highest BCUT2D eigenvalue weighted by molar-refractivity contribution is 14.1. The lowest BCUT2D eigenvalue weighted by molar-refractivity contribution is 1.03. The summed E-state index contributed by atoms with van der Waals surface area (Å²) in [4.78, 5) is 0. The summed E-state index contributed by atoms with van der Waals surface area (Å²) in [6, 6.07) is 0. The zero-order valence-electron chi connectivity index (χ0n) is 4.20. The predicted octanol–water partition coefficient (Wildman–Crippen LogP) is 2.09. The molecule has 2 nitrogen and oxygen atoms in total. The van der Waals surface area contributed by atoms with Crippen molar-refractivity contribution in [3.8, 4) is 0 Å².